The minimum Gasteiger partial charge on any atom is -0.361 e. The van der Waals surface area contributed by atoms with Crippen LogP contribution in [0.4, 0.5) is 0 Å². The number of hydrogen-bond acceptors (Lipinski definition) is 1. The van der Waals surface area contributed by atoms with E-state index in [0.29, 0.717) is 5.91 Å². The number of piperidine rings is 1. The monoisotopic (exact) mass is 298 g/mol. The lowest BCUT2D eigenvalue weighted by Gasteiger charge is -2.41. The van der Waals surface area contributed by atoms with Gasteiger partial charge in [-0.05, 0) is 43.7 Å². The fourth-order valence-electron chi connectivity index (χ4n) is 3.87. The van der Waals surface area contributed by atoms with Crippen molar-refractivity contribution in [1.82, 2.24) is 9.88 Å². The second-order valence-corrected chi connectivity index (χ2v) is 6.49. The van der Waals surface area contributed by atoms with Crippen molar-refractivity contribution < 1.29 is 4.79 Å². The summed E-state index contributed by atoms with van der Waals surface area (Å²) in [6.45, 7) is 6.07. The molecule has 1 aliphatic rings. The molecule has 1 amide bonds. The molecule has 0 spiro atoms. The number of likely N-dealkylation sites (tertiary alicyclic amines) is 1. The summed E-state index contributed by atoms with van der Waals surface area (Å²) in [7, 11) is 0. The van der Waals surface area contributed by atoms with Crippen LogP contribution in [0.1, 0.15) is 45.1 Å². The van der Waals surface area contributed by atoms with E-state index >= 15 is 0 Å². The summed E-state index contributed by atoms with van der Waals surface area (Å²) in [5.41, 5.74) is 2.39. The van der Waals surface area contributed by atoms with E-state index in [4.69, 9.17) is 0 Å². The average molecular weight is 298 g/mol. The first-order valence-electron chi connectivity index (χ1n) is 8.54. The number of carbonyl (C=O) groups is 1. The topological polar surface area (TPSA) is 36.1 Å². The van der Waals surface area contributed by atoms with Gasteiger partial charge < -0.3 is 9.88 Å². The van der Waals surface area contributed by atoms with Crippen LogP contribution in [0.3, 0.4) is 0 Å². The maximum atomic E-state index is 12.9. The van der Waals surface area contributed by atoms with Crippen molar-refractivity contribution in [2.75, 3.05) is 13.1 Å². The van der Waals surface area contributed by atoms with Crippen molar-refractivity contribution in [3.63, 3.8) is 0 Å². The second kappa shape index (κ2) is 6.15. The van der Waals surface area contributed by atoms with Gasteiger partial charge in [0.05, 0.1) is 0 Å². The number of rotatable bonds is 5. The van der Waals surface area contributed by atoms with Crippen molar-refractivity contribution in [1.29, 1.82) is 0 Å². The molecule has 3 nitrogen and oxygen atoms in total. The molecule has 0 unspecified atom stereocenters. The molecule has 0 bridgehead atoms. The average Bonchev–Trinajstić information content (AvgIpc) is 2.97. The Hall–Kier alpha value is -1.77. The Labute approximate surface area is 132 Å². The fourth-order valence-corrected chi connectivity index (χ4v) is 3.87. The summed E-state index contributed by atoms with van der Waals surface area (Å²) in [6.07, 6.45) is 7.15. The van der Waals surface area contributed by atoms with Gasteiger partial charge in [0.2, 0.25) is 5.91 Å². The Morgan fingerprint density at radius 2 is 2.00 bits per heavy atom. The Balaban J connectivity index is 1.72. The quantitative estimate of drug-likeness (QED) is 0.885. The van der Waals surface area contributed by atoms with E-state index in [1.807, 2.05) is 6.07 Å². The third-order valence-electron chi connectivity index (χ3n) is 5.50. The van der Waals surface area contributed by atoms with Gasteiger partial charge in [0.15, 0.2) is 0 Å². The summed E-state index contributed by atoms with van der Waals surface area (Å²) in [4.78, 5) is 18.3. The molecule has 1 aliphatic heterocycles. The van der Waals surface area contributed by atoms with Crippen LogP contribution >= 0.6 is 0 Å². The van der Waals surface area contributed by atoms with Crippen molar-refractivity contribution in [3.05, 3.63) is 36.0 Å². The minimum atomic E-state index is -0.0987. The van der Waals surface area contributed by atoms with Gasteiger partial charge in [-0.15, -0.1) is 0 Å². The van der Waals surface area contributed by atoms with E-state index in [1.165, 1.54) is 16.5 Å². The largest absolute Gasteiger partial charge is 0.361 e. The summed E-state index contributed by atoms with van der Waals surface area (Å²) < 4.78 is 0. The number of aromatic amines is 1. The molecule has 0 atom stereocenters. The molecular weight excluding hydrogens is 272 g/mol. The molecule has 3 rings (SSSR count). The molecule has 1 fully saturated rings. The third kappa shape index (κ3) is 2.53. The lowest BCUT2D eigenvalue weighted by Crippen LogP contribution is -2.48. The normalized spacial score (nSPS) is 18.1. The molecule has 2 aromatic rings. The van der Waals surface area contributed by atoms with Crippen molar-refractivity contribution >= 4 is 16.8 Å². The molecule has 1 N–H and O–H groups in total. The van der Waals surface area contributed by atoms with Gasteiger partial charge in [-0.3, -0.25) is 4.79 Å². The van der Waals surface area contributed by atoms with E-state index in [1.54, 1.807) is 0 Å². The van der Waals surface area contributed by atoms with Crippen molar-refractivity contribution in [3.8, 4) is 0 Å². The Bertz CT molecular complexity index is 654. The Kier molecular flexibility index (Phi) is 4.23. The fraction of sp³-hybridized carbons (Fsp3) is 0.526. The van der Waals surface area contributed by atoms with Crippen LogP contribution in [-0.4, -0.2) is 28.9 Å². The molecule has 118 valence electrons. The zero-order valence-electron chi connectivity index (χ0n) is 13.7. The highest BCUT2D eigenvalue weighted by molar-refractivity contribution is 5.84. The first kappa shape index (κ1) is 15.1. The molecular formula is C19H26N2O. The van der Waals surface area contributed by atoms with Crippen LogP contribution in [0.25, 0.3) is 10.9 Å². The van der Waals surface area contributed by atoms with Gasteiger partial charge in [-0.2, -0.15) is 0 Å². The number of amides is 1. The first-order valence-corrected chi connectivity index (χ1v) is 8.54. The molecule has 1 aromatic heterocycles. The molecule has 0 aliphatic carbocycles. The Morgan fingerprint density at radius 3 is 2.77 bits per heavy atom. The third-order valence-corrected chi connectivity index (χ3v) is 5.50. The molecule has 2 heterocycles. The molecule has 1 aromatic carbocycles. The first-order chi connectivity index (χ1) is 10.7. The van der Waals surface area contributed by atoms with Gasteiger partial charge in [-0.25, -0.2) is 0 Å². The van der Waals surface area contributed by atoms with E-state index in [-0.39, 0.29) is 5.41 Å². The van der Waals surface area contributed by atoms with Gasteiger partial charge in [0.25, 0.3) is 0 Å². The lowest BCUT2D eigenvalue weighted by atomic mass is 9.74. The van der Waals surface area contributed by atoms with E-state index < -0.39 is 0 Å². The number of H-pyrrole nitrogens is 1. The van der Waals surface area contributed by atoms with Crippen LogP contribution in [0.2, 0.25) is 0 Å². The number of hydrogen-bond donors (Lipinski definition) is 1. The summed E-state index contributed by atoms with van der Waals surface area (Å²) in [5.74, 6) is 0.378. The maximum Gasteiger partial charge on any atom is 0.228 e. The van der Waals surface area contributed by atoms with Crippen LogP contribution < -0.4 is 0 Å². The van der Waals surface area contributed by atoms with Crippen molar-refractivity contribution in [2.24, 2.45) is 5.41 Å². The molecule has 22 heavy (non-hydrogen) atoms. The summed E-state index contributed by atoms with van der Waals surface area (Å²) in [5, 5.41) is 1.28. The van der Waals surface area contributed by atoms with E-state index in [9.17, 15) is 4.79 Å². The zero-order chi connectivity index (χ0) is 15.6. The highest BCUT2D eigenvalue weighted by Gasteiger charge is 2.40. The number of nitrogens with zero attached hydrogens (tertiary/aromatic N) is 1. The summed E-state index contributed by atoms with van der Waals surface area (Å²) >= 11 is 0. The number of benzene rings is 1. The van der Waals surface area contributed by atoms with E-state index in [0.717, 1.165) is 45.2 Å². The highest BCUT2D eigenvalue weighted by atomic mass is 16.2. The van der Waals surface area contributed by atoms with Gasteiger partial charge in [-0.1, -0.05) is 32.0 Å². The van der Waals surface area contributed by atoms with Gasteiger partial charge in [0.1, 0.15) is 0 Å². The molecule has 3 heteroatoms. The van der Waals surface area contributed by atoms with Gasteiger partial charge >= 0.3 is 0 Å². The predicted molar refractivity (Wildman–Crippen MR) is 90.8 cm³/mol. The number of fused-ring (bicyclic) bond motifs is 1. The maximum absolute atomic E-state index is 12.9. The molecule has 1 saturated heterocycles. The van der Waals surface area contributed by atoms with Crippen LogP contribution in [0.15, 0.2) is 30.5 Å². The lowest BCUT2D eigenvalue weighted by molar-refractivity contribution is -0.147. The minimum absolute atomic E-state index is 0.0987. The molecule has 0 saturated carbocycles. The standard InChI is InChI=1S/C19H26N2O/c1-3-19(4-2)11-7-12-21(18(19)22)13-10-15-14-20-17-9-6-5-8-16(15)17/h5-6,8-9,14,20H,3-4,7,10-13H2,1-2H3. The predicted octanol–water partition coefficient (Wildman–Crippen LogP) is 4.14. The highest BCUT2D eigenvalue weighted by Crippen LogP contribution is 2.37. The summed E-state index contributed by atoms with van der Waals surface area (Å²) in [6, 6.07) is 8.38. The van der Waals surface area contributed by atoms with Crippen LogP contribution in [-0.2, 0) is 11.2 Å². The number of nitrogens with one attached hydrogen (secondary N) is 1. The number of carbonyl (C=O) groups excluding carboxylic acids is 1. The van der Waals surface area contributed by atoms with Crippen LogP contribution in [0, 0.1) is 5.41 Å². The Morgan fingerprint density at radius 1 is 1.23 bits per heavy atom. The SMILES string of the molecule is CCC1(CC)CCCN(CCc2c[nH]c3ccccc23)C1=O. The number of aromatic nitrogens is 1. The van der Waals surface area contributed by atoms with Crippen molar-refractivity contribution in [2.45, 2.75) is 46.0 Å². The second-order valence-electron chi connectivity index (χ2n) is 6.49. The van der Waals surface area contributed by atoms with E-state index in [2.05, 4.69) is 48.1 Å². The zero-order valence-corrected chi connectivity index (χ0v) is 13.7. The van der Waals surface area contributed by atoms with Crippen LogP contribution in [0.5, 0.6) is 0 Å². The molecule has 0 radical (unpaired) electrons. The smallest absolute Gasteiger partial charge is 0.228 e. The van der Waals surface area contributed by atoms with Gasteiger partial charge in [0, 0.05) is 35.6 Å². The number of para-hydroxylation sites is 1.